The largest absolute Gasteiger partial charge is 0.384 e. The van der Waals surface area contributed by atoms with Gasteiger partial charge in [-0.25, -0.2) is 4.98 Å². The van der Waals surface area contributed by atoms with Gasteiger partial charge in [0.2, 0.25) is 5.65 Å². The fourth-order valence-electron chi connectivity index (χ4n) is 6.73. The molecule has 2 bridgehead atoms. The lowest BCUT2D eigenvalue weighted by molar-refractivity contribution is -0.137. The number of benzene rings is 2. The minimum atomic E-state index is -0.247. The fraction of sp³-hybridized carbons (Fsp3) is 0.379. The standard InChI is InChI=1S/C29H31N5O/c30-25-18-23(26-27(31-25)33-34-32-26)22(20-8-3-1-4-9-20)12-7-13-28-14-16-29(17-15-28,24(35)19-28)21-10-5-2-6-11-21/h1-6,8-11,18,22H,7,12-17,19H2,(H3,30,31,32,33,34)/t22-,28?,29?/m1/s1. The Labute approximate surface area is 205 Å². The third-order valence-corrected chi connectivity index (χ3v) is 8.68. The van der Waals surface area contributed by atoms with E-state index in [1.54, 1.807) is 0 Å². The van der Waals surface area contributed by atoms with Gasteiger partial charge in [-0.2, -0.15) is 10.3 Å². The van der Waals surface area contributed by atoms with E-state index in [-0.39, 0.29) is 16.7 Å². The number of rotatable bonds is 7. The zero-order valence-electron chi connectivity index (χ0n) is 19.9. The zero-order valence-corrected chi connectivity index (χ0v) is 19.9. The quantitative estimate of drug-likeness (QED) is 0.364. The van der Waals surface area contributed by atoms with Crippen molar-refractivity contribution in [1.82, 2.24) is 20.4 Å². The average molecular weight is 466 g/mol. The predicted molar refractivity (Wildman–Crippen MR) is 137 cm³/mol. The molecule has 3 saturated carbocycles. The van der Waals surface area contributed by atoms with E-state index >= 15 is 0 Å². The summed E-state index contributed by atoms with van der Waals surface area (Å²) in [5, 5.41) is 11.3. The highest BCUT2D eigenvalue weighted by Gasteiger charge is 2.54. The second-order valence-electron chi connectivity index (χ2n) is 10.5. The van der Waals surface area contributed by atoms with Crippen molar-refractivity contribution in [1.29, 1.82) is 0 Å². The molecular weight excluding hydrogens is 434 g/mol. The lowest BCUT2D eigenvalue weighted by Gasteiger charge is -2.52. The molecule has 178 valence electrons. The molecule has 1 atom stereocenters. The SMILES string of the molecule is Nc1cc([C@H](CCCC23CCC(c4ccccc4)(CC2)C(=O)C3)c2ccccc2)c2n[nH]nc2n1. The number of carbonyl (C=O) groups excluding carboxylic acids is 1. The van der Waals surface area contributed by atoms with Gasteiger partial charge in [-0.15, -0.1) is 5.10 Å². The Balaban J connectivity index is 1.22. The lowest BCUT2D eigenvalue weighted by atomic mass is 9.50. The van der Waals surface area contributed by atoms with Crippen LogP contribution in [0.1, 0.15) is 74.0 Å². The molecule has 2 aromatic heterocycles. The van der Waals surface area contributed by atoms with E-state index in [1.807, 2.05) is 18.2 Å². The first kappa shape index (κ1) is 22.0. The van der Waals surface area contributed by atoms with Crippen LogP contribution in [-0.2, 0) is 10.2 Å². The molecule has 6 nitrogen and oxygen atoms in total. The van der Waals surface area contributed by atoms with Gasteiger partial charge in [0, 0.05) is 12.3 Å². The van der Waals surface area contributed by atoms with Crippen molar-refractivity contribution in [2.24, 2.45) is 5.41 Å². The van der Waals surface area contributed by atoms with Crippen molar-refractivity contribution in [3.05, 3.63) is 83.4 Å². The molecule has 3 fully saturated rings. The van der Waals surface area contributed by atoms with Gasteiger partial charge in [-0.3, -0.25) is 4.79 Å². The second-order valence-corrected chi connectivity index (χ2v) is 10.5. The van der Waals surface area contributed by atoms with E-state index in [0.29, 0.717) is 23.7 Å². The number of aromatic amines is 1. The first-order valence-electron chi connectivity index (χ1n) is 12.7. The number of anilines is 1. The number of ketones is 1. The maximum absolute atomic E-state index is 13.4. The van der Waals surface area contributed by atoms with Crippen LogP contribution >= 0.6 is 0 Å². The van der Waals surface area contributed by atoms with Gasteiger partial charge >= 0.3 is 0 Å². The van der Waals surface area contributed by atoms with Crippen LogP contribution in [0, 0.1) is 5.41 Å². The number of fused-ring (bicyclic) bond motifs is 4. The third-order valence-electron chi connectivity index (χ3n) is 8.68. The lowest BCUT2D eigenvalue weighted by Crippen LogP contribution is -2.51. The maximum Gasteiger partial charge on any atom is 0.203 e. The molecule has 0 unspecified atom stereocenters. The molecule has 7 rings (SSSR count). The fourth-order valence-corrected chi connectivity index (χ4v) is 6.73. The van der Waals surface area contributed by atoms with Gasteiger partial charge in [0.05, 0.1) is 5.41 Å². The number of aromatic nitrogens is 4. The maximum atomic E-state index is 13.4. The van der Waals surface area contributed by atoms with Gasteiger partial charge in [-0.1, -0.05) is 67.1 Å². The Morgan fingerprint density at radius 3 is 2.37 bits per heavy atom. The highest BCUT2D eigenvalue weighted by Crippen LogP contribution is 2.58. The highest BCUT2D eigenvalue weighted by molar-refractivity contribution is 5.92. The van der Waals surface area contributed by atoms with Crippen LogP contribution in [0.5, 0.6) is 0 Å². The molecule has 3 aliphatic carbocycles. The van der Waals surface area contributed by atoms with Gasteiger partial charge in [0.15, 0.2) is 0 Å². The van der Waals surface area contributed by atoms with Gasteiger partial charge in [0.25, 0.3) is 0 Å². The van der Waals surface area contributed by atoms with E-state index in [9.17, 15) is 4.79 Å². The number of hydrogen-bond acceptors (Lipinski definition) is 5. The first-order chi connectivity index (χ1) is 17.1. The van der Waals surface area contributed by atoms with Crippen LogP contribution < -0.4 is 5.73 Å². The average Bonchev–Trinajstić information content (AvgIpc) is 3.36. The van der Waals surface area contributed by atoms with Crippen molar-refractivity contribution in [3.8, 4) is 0 Å². The van der Waals surface area contributed by atoms with Gasteiger partial charge in [0.1, 0.15) is 17.1 Å². The molecule has 0 amide bonds. The highest BCUT2D eigenvalue weighted by atomic mass is 16.1. The van der Waals surface area contributed by atoms with Crippen LogP contribution in [0.3, 0.4) is 0 Å². The number of hydrogen-bond donors (Lipinski definition) is 2. The summed E-state index contributed by atoms with van der Waals surface area (Å²) in [4.78, 5) is 17.8. The molecule has 6 heteroatoms. The number of nitrogen functional groups attached to an aromatic ring is 1. The summed E-state index contributed by atoms with van der Waals surface area (Å²) in [5.74, 6) is 1.06. The minimum Gasteiger partial charge on any atom is -0.384 e. The number of H-pyrrole nitrogens is 1. The Kier molecular flexibility index (Phi) is 5.39. The molecule has 0 radical (unpaired) electrons. The molecule has 0 saturated heterocycles. The Morgan fingerprint density at radius 2 is 1.66 bits per heavy atom. The van der Waals surface area contributed by atoms with Crippen molar-refractivity contribution >= 4 is 22.8 Å². The van der Waals surface area contributed by atoms with Crippen molar-refractivity contribution in [3.63, 3.8) is 0 Å². The number of nitrogens with two attached hydrogens (primary N) is 1. The molecule has 35 heavy (non-hydrogen) atoms. The van der Waals surface area contributed by atoms with Gasteiger partial charge in [-0.05, 0) is 66.7 Å². The monoisotopic (exact) mass is 465 g/mol. The molecule has 4 aromatic rings. The van der Waals surface area contributed by atoms with Crippen LogP contribution in [0.15, 0.2) is 66.7 Å². The smallest absolute Gasteiger partial charge is 0.203 e. The van der Waals surface area contributed by atoms with Crippen molar-refractivity contribution in [2.75, 3.05) is 5.73 Å². The number of Topliss-reactive ketones (excluding diaryl/α,β-unsaturated/α-hetero) is 1. The van der Waals surface area contributed by atoms with Crippen LogP contribution in [0.25, 0.3) is 11.2 Å². The number of nitrogens with one attached hydrogen (secondary N) is 1. The van der Waals surface area contributed by atoms with Crippen molar-refractivity contribution in [2.45, 2.75) is 62.7 Å². The molecular formula is C29H31N5O. The molecule has 3 N–H and O–H groups in total. The second kappa shape index (κ2) is 8.59. The van der Waals surface area contributed by atoms with Crippen LogP contribution in [-0.4, -0.2) is 26.2 Å². The summed E-state index contributed by atoms with van der Waals surface area (Å²) < 4.78 is 0. The summed E-state index contributed by atoms with van der Waals surface area (Å²) in [7, 11) is 0. The van der Waals surface area contributed by atoms with E-state index in [1.165, 1.54) is 11.1 Å². The number of pyridine rings is 1. The number of nitrogens with zero attached hydrogens (tertiary/aromatic N) is 3. The normalized spacial score (nSPS) is 24.6. The van der Waals surface area contributed by atoms with E-state index in [0.717, 1.165) is 56.0 Å². The predicted octanol–water partition coefficient (Wildman–Crippen LogP) is 5.71. The summed E-state index contributed by atoms with van der Waals surface area (Å²) in [6.45, 7) is 0. The van der Waals surface area contributed by atoms with E-state index in [2.05, 4.69) is 68.9 Å². The van der Waals surface area contributed by atoms with Crippen LogP contribution in [0.2, 0.25) is 0 Å². The molecule has 3 aliphatic rings. The van der Waals surface area contributed by atoms with E-state index in [4.69, 9.17) is 5.73 Å². The topological polar surface area (TPSA) is 97.6 Å². The van der Waals surface area contributed by atoms with E-state index < -0.39 is 0 Å². The first-order valence-corrected chi connectivity index (χ1v) is 12.7. The zero-order chi connectivity index (χ0) is 23.9. The van der Waals surface area contributed by atoms with Crippen LogP contribution in [0.4, 0.5) is 5.82 Å². The molecule has 0 aliphatic heterocycles. The Hall–Kier alpha value is -3.54. The van der Waals surface area contributed by atoms with Crippen molar-refractivity contribution < 1.29 is 4.79 Å². The Bertz CT molecular complexity index is 1340. The summed E-state index contributed by atoms with van der Waals surface area (Å²) >= 11 is 0. The third kappa shape index (κ3) is 3.81. The summed E-state index contributed by atoms with van der Waals surface area (Å²) in [6, 6.07) is 22.9. The molecule has 2 aromatic carbocycles. The number of carbonyl (C=O) groups is 1. The van der Waals surface area contributed by atoms with Gasteiger partial charge < -0.3 is 5.73 Å². The minimum absolute atomic E-state index is 0.148. The molecule has 2 heterocycles. The summed E-state index contributed by atoms with van der Waals surface area (Å²) in [6.07, 6.45) is 8.06. The Morgan fingerprint density at radius 1 is 0.943 bits per heavy atom. The molecule has 0 spiro atoms. The summed E-state index contributed by atoms with van der Waals surface area (Å²) in [5.41, 5.74) is 10.9.